The van der Waals surface area contributed by atoms with E-state index in [1.165, 1.54) is 0 Å². The van der Waals surface area contributed by atoms with Gasteiger partial charge < -0.3 is 15.5 Å². The molecule has 0 spiro atoms. The van der Waals surface area contributed by atoms with E-state index in [2.05, 4.69) is 5.32 Å². The molecule has 1 aromatic rings. The third kappa shape index (κ3) is 4.72. The van der Waals surface area contributed by atoms with Gasteiger partial charge in [-0.15, -0.1) is 0 Å². The number of rotatable bonds is 5. The Morgan fingerprint density at radius 3 is 2.12 bits per heavy atom. The van der Waals surface area contributed by atoms with E-state index in [9.17, 15) is 13.2 Å². The summed E-state index contributed by atoms with van der Waals surface area (Å²) in [4.78, 5) is 0. The highest BCUT2D eigenvalue weighted by atomic mass is 19.4. The van der Waals surface area contributed by atoms with Crippen LogP contribution >= 0.6 is 0 Å². The maximum absolute atomic E-state index is 12.0. The van der Waals surface area contributed by atoms with E-state index in [0.717, 1.165) is 11.1 Å². The van der Waals surface area contributed by atoms with Gasteiger partial charge in [0.1, 0.15) is 0 Å². The number of alkyl halides is 3. The van der Waals surface area contributed by atoms with E-state index in [0.29, 0.717) is 0 Å². The highest BCUT2D eigenvalue weighted by Gasteiger charge is 2.37. The van der Waals surface area contributed by atoms with Crippen molar-refractivity contribution in [3.05, 3.63) is 35.4 Å². The maximum Gasteiger partial charge on any atom is 0.415 e. The van der Waals surface area contributed by atoms with Crippen molar-refractivity contribution in [3.8, 4) is 0 Å². The van der Waals surface area contributed by atoms with Gasteiger partial charge in [0, 0.05) is 13.1 Å². The van der Waals surface area contributed by atoms with Gasteiger partial charge in [-0.3, -0.25) is 0 Å². The Kier molecular flexibility index (Phi) is 4.92. The fourth-order valence-electron chi connectivity index (χ4n) is 1.23. The summed E-state index contributed by atoms with van der Waals surface area (Å²) in [6, 6.07) is 6.80. The van der Waals surface area contributed by atoms with Crippen molar-refractivity contribution >= 4 is 0 Å². The second-order valence-corrected chi connectivity index (χ2v) is 3.66. The molecule has 3 nitrogen and oxygen atoms in total. The second kappa shape index (κ2) is 6.00. The van der Waals surface area contributed by atoms with Crippen molar-refractivity contribution in [1.82, 2.24) is 5.32 Å². The van der Waals surface area contributed by atoms with Gasteiger partial charge in [-0.1, -0.05) is 24.3 Å². The van der Waals surface area contributed by atoms with Crippen LogP contribution in [0.3, 0.4) is 0 Å². The molecule has 0 aromatic heterocycles. The maximum atomic E-state index is 12.0. The van der Waals surface area contributed by atoms with Gasteiger partial charge in [0.2, 0.25) is 0 Å². The molecule has 17 heavy (non-hydrogen) atoms. The van der Waals surface area contributed by atoms with Crippen LogP contribution in [-0.2, 0) is 13.2 Å². The van der Waals surface area contributed by atoms with Crippen molar-refractivity contribution < 1.29 is 23.4 Å². The molecule has 1 unspecified atom stereocenters. The molecule has 0 bridgehead atoms. The van der Waals surface area contributed by atoms with Crippen LogP contribution in [0.4, 0.5) is 13.2 Å². The lowest BCUT2D eigenvalue weighted by Gasteiger charge is -2.15. The Bertz CT molecular complexity index is 338. The predicted molar refractivity (Wildman–Crippen MR) is 56.1 cm³/mol. The van der Waals surface area contributed by atoms with Crippen molar-refractivity contribution in [1.29, 1.82) is 0 Å². The Morgan fingerprint density at radius 2 is 1.65 bits per heavy atom. The fraction of sp³-hybridized carbons (Fsp3) is 0.455. The molecular weight excluding hydrogens is 235 g/mol. The van der Waals surface area contributed by atoms with Crippen molar-refractivity contribution in [3.63, 3.8) is 0 Å². The van der Waals surface area contributed by atoms with E-state index in [1.807, 2.05) is 0 Å². The summed E-state index contributed by atoms with van der Waals surface area (Å²) in [5.74, 6) is 0. The first-order valence-corrected chi connectivity index (χ1v) is 5.07. The summed E-state index contributed by atoms with van der Waals surface area (Å²) < 4.78 is 35.9. The van der Waals surface area contributed by atoms with Crippen LogP contribution in [0.15, 0.2) is 24.3 Å². The number of hydrogen-bond donors (Lipinski definition) is 3. The van der Waals surface area contributed by atoms with Crippen LogP contribution in [0.1, 0.15) is 11.1 Å². The standard InChI is InChI=1S/C11H14F3NO2/c12-11(13,14)10(17)6-15-5-8-1-3-9(7-16)4-2-8/h1-4,10,15-17H,5-7H2. The van der Waals surface area contributed by atoms with Crippen molar-refractivity contribution in [2.75, 3.05) is 6.54 Å². The van der Waals surface area contributed by atoms with Gasteiger partial charge in [0.15, 0.2) is 6.10 Å². The lowest BCUT2D eigenvalue weighted by Crippen LogP contribution is -2.38. The molecule has 0 aliphatic carbocycles. The quantitative estimate of drug-likeness (QED) is 0.734. The van der Waals surface area contributed by atoms with Gasteiger partial charge in [0.05, 0.1) is 6.61 Å². The molecule has 1 aromatic carbocycles. The van der Waals surface area contributed by atoms with Crippen molar-refractivity contribution in [2.24, 2.45) is 0 Å². The summed E-state index contributed by atoms with van der Waals surface area (Å²) in [6.07, 6.45) is -6.94. The number of halogens is 3. The highest BCUT2D eigenvalue weighted by Crippen LogP contribution is 2.19. The lowest BCUT2D eigenvalue weighted by molar-refractivity contribution is -0.201. The highest BCUT2D eigenvalue weighted by molar-refractivity contribution is 5.21. The van der Waals surface area contributed by atoms with Crippen molar-refractivity contribution in [2.45, 2.75) is 25.4 Å². The SMILES string of the molecule is OCc1ccc(CNCC(O)C(F)(F)F)cc1. The minimum atomic E-state index is -4.59. The first-order valence-electron chi connectivity index (χ1n) is 5.07. The molecule has 96 valence electrons. The molecule has 1 atom stereocenters. The zero-order chi connectivity index (χ0) is 12.9. The summed E-state index contributed by atoms with van der Waals surface area (Å²) in [6.45, 7) is -0.370. The number of aliphatic hydroxyl groups excluding tert-OH is 2. The molecule has 0 saturated carbocycles. The number of nitrogens with one attached hydrogen (secondary N) is 1. The molecule has 6 heteroatoms. The van der Waals surface area contributed by atoms with Gasteiger partial charge in [-0.05, 0) is 11.1 Å². The molecule has 1 rings (SSSR count). The molecule has 0 radical (unpaired) electrons. The van der Waals surface area contributed by atoms with Crippen LogP contribution in [-0.4, -0.2) is 29.0 Å². The van der Waals surface area contributed by atoms with Gasteiger partial charge >= 0.3 is 6.18 Å². The average Bonchev–Trinajstić information content (AvgIpc) is 2.28. The Labute approximate surface area is 96.9 Å². The van der Waals surface area contributed by atoms with Crippen LogP contribution in [0, 0.1) is 0 Å². The zero-order valence-corrected chi connectivity index (χ0v) is 9.04. The average molecular weight is 249 g/mol. The third-order valence-corrected chi connectivity index (χ3v) is 2.25. The lowest BCUT2D eigenvalue weighted by atomic mass is 10.1. The monoisotopic (exact) mass is 249 g/mol. The summed E-state index contributed by atoms with van der Waals surface area (Å²) in [7, 11) is 0. The topological polar surface area (TPSA) is 52.5 Å². The van der Waals surface area contributed by atoms with Crippen LogP contribution in [0.25, 0.3) is 0 Å². The van der Waals surface area contributed by atoms with Crippen LogP contribution in [0.2, 0.25) is 0 Å². The minimum Gasteiger partial charge on any atom is -0.392 e. The van der Waals surface area contributed by atoms with E-state index < -0.39 is 18.8 Å². The van der Waals surface area contributed by atoms with E-state index in [-0.39, 0.29) is 13.2 Å². The normalized spacial score (nSPS) is 13.7. The first-order chi connectivity index (χ1) is 7.93. The van der Waals surface area contributed by atoms with Gasteiger partial charge in [-0.2, -0.15) is 13.2 Å². The second-order valence-electron chi connectivity index (χ2n) is 3.66. The summed E-state index contributed by atoms with van der Waals surface area (Å²) >= 11 is 0. The molecule has 0 saturated heterocycles. The molecule has 0 amide bonds. The van der Waals surface area contributed by atoms with E-state index in [4.69, 9.17) is 10.2 Å². The Hall–Kier alpha value is -1.11. The summed E-state index contributed by atoms with van der Waals surface area (Å²) in [5.41, 5.74) is 1.53. The smallest absolute Gasteiger partial charge is 0.392 e. The van der Waals surface area contributed by atoms with Crippen LogP contribution < -0.4 is 5.32 Å². The van der Waals surface area contributed by atoms with Gasteiger partial charge in [0.25, 0.3) is 0 Å². The van der Waals surface area contributed by atoms with E-state index >= 15 is 0 Å². The Morgan fingerprint density at radius 1 is 1.12 bits per heavy atom. The molecule has 0 fully saturated rings. The zero-order valence-electron chi connectivity index (χ0n) is 9.04. The Balaban J connectivity index is 2.35. The first kappa shape index (κ1) is 14.0. The van der Waals surface area contributed by atoms with Gasteiger partial charge in [-0.25, -0.2) is 0 Å². The van der Waals surface area contributed by atoms with Crippen LogP contribution in [0.5, 0.6) is 0 Å². The largest absolute Gasteiger partial charge is 0.415 e. The number of aliphatic hydroxyl groups is 2. The molecule has 0 heterocycles. The minimum absolute atomic E-state index is 0.0690. The fourth-order valence-corrected chi connectivity index (χ4v) is 1.23. The molecule has 3 N–H and O–H groups in total. The van der Waals surface area contributed by atoms with E-state index in [1.54, 1.807) is 24.3 Å². The molecular formula is C11H14F3NO2. The molecule has 0 aliphatic rings. The predicted octanol–water partition coefficient (Wildman–Crippen LogP) is 1.19. The third-order valence-electron chi connectivity index (χ3n) is 2.25. The number of benzene rings is 1. The summed E-state index contributed by atoms with van der Waals surface area (Å²) in [5, 5.41) is 20.0. The number of hydrogen-bond acceptors (Lipinski definition) is 3. The molecule has 0 aliphatic heterocycles.